The van der Waals surface area contributed by atoms with Gasteiger partial charge in [-0.05, 0) is 87.1 Å². The van der Waals surface area contributed by atoms with Gasteiger partial charge in [-0.3, -0.25) is 0 Å². The molecular formula is C30H30KS. The molecule has 0 nitrogen and oxygen atoms in total. The van der Waals surface area contributed by atoms with Crippen LogP contribution >= 0.6 is 12.6 Å². The summed E-state index contributed by atoms with van der Waals surface area (Å²) in [6.07, 6.45) is 0. The minimum Gasteiger partial charge on any atom is -0.142 e. The van der Waals surface area contributed by atoms with E-state index in [9.17, 15) is 0 Å². The first kappa shape index (κ1) is 25.5. The van der Waals surface area contributed by atoms with Crippen molar-refractivity contribution < 1.29 is 0 Å². The zero-order valence-corrected chi connectivity index (χ0v) is 24.3. The molecule has 32 heavy (non-hydrogen) atoms. The van der Waals surface area contributed by atoms with Gasteiger partial charge in [0, 0.05) is 56.3 Å². The fraction of sp³-hybridized carbons (Fsp3) is 0.200. The van der Waals surface area contributed by atoms with Crippen molar-refractivity contribution in [1.29, 1.82) is 0 Å². The molecule has 0 saturated heterocycles. The Labute approximate surface area is 241 Å². The van der Waals surface area contributed by atoms with Gasteiger partial charge < -0.3 is 0 Å². The number of hydrogen-bond acceptors (Lipinski definition) is 1. The van der Waals surface area contributed by atoms with Crippen LogP contribution in [0, 0.1) is 41.5 Å². The van der Waals surface area contributed by atoms with Crippen molar-refractivity contribution in [1.82, 2.24) is 0 Å². The third-order valence-corrected chi connectivity index (χ3v) is 6.21. The van der Waals surface area contributed by atoms with Crippen LogP contribution in [0.1, 0.15) is 33.4 Å². The van der Waals surface area contributed by atoms with Crippen molar-refractivity contribution in [3.05, 3.63) is 100 Å². The number of thiol groups is 1. The maximum atomic E-state index is 5.07. The zero-order chi connectivity index (χ0) is 22.3. The second-order valence-corrected chi connectivity index (χ2v) is 9.50. The summed E-state index contributed by atoms with van der Waals surface area (Å²) in [5, 5.41) is 0. The van der Waals surface area contributed by atoms with Crippen LogP contribution in [0.5, 0.6) is 0 Å². The second-order valence-electron chi connectivity index (χ2n) is 9.05. The Bertz CT molecular complexity index is 1170. The molecule has 4 aromatic carbocycles. The third-order valence-electron chi connectivity index (χ3n) is 5.73. The molecule has 4 aromatic rings. The van der Waals surface area contributed by atoms with Crippen molar-refractivity contribution in [2.75, 3.05) is 0 Å². The van der Waals surface area contributed by atoms with E-state index < -0.39 is 0 Å². The van der Waals surface area contributed by atoms with Gasteiger partial charge in [0.05, 0.1) is 0 Å². The molecule has 0 fully saturated rings. The Balaban J connectivity index is 0.00000289. The standard InChI is InChI=1S/C30H30S.K/c1-18-7-19(2)11-24(10-18)25-16-28(26-12-20(3)8-21(4)13-26)30(31)29(17-25)27-14-22(5)9-23(6)15-27;/h7-17,31H,1-6H3;. The fourth-order valence-corrected chi connectivity index (χ4v) is 5.03. The predicted molar refractivity (Wildman–Crippen MR) is 144 cm³/mol. The predicted octanol–water partition coefficient (Wildman–Crippen LogP) is 8.45. The molecule has 1 radical (unpaired) electrons. The minimum absolute atomic E-state index is 0. The van der Waals surface area contributed by atoms with Gasteiger partial charge in [-0.15, -0.1) is 12.6 Å². The number of rotatable bonds is 3. The minimum atomic E-state index is 0. The molecule has 4 rings (SSSR count). The smallest absolute Gasteiger partial charge is 0.0198 e. The van der Waals surface area contributed by atoms with E-state index in [1.165, 1.54) is 66.8 Å². The molecule has 0 unspecified atom stereocenters. The first-order chi connectivity index (χ1) is 14.7. The van der Waals surface area contributed by atoms with E-state index in [1.807, 2.05) is 0 Å². The monoisotopic (exact) mass is 461 g/mol. The summed E-state index contributed by atoms with van der Waals surface area (Å²) in [6, 6.07) is 24.9. The average molecular weight is 462 g/mol. The van der Waals surface area contributed by atoms with Crippen LogP contribution in [0.25, 0.3) is 33.4 Å². The Morgan fingerprint density at radius 3 is 0.938 bits per heavy atom. The van der Waals surface area contributed by atoms with Crippen LogP contribution < -0.4 is 0 Å². The third kappa shape index (κ3) is 5.67. The van der Waals surface area contributed by atoms with Crippen molar-refractivity contribution >= 4 is 64.0 Å². The van der Waals surface area contributed by atoms with Gasteiger partial charge in [0.1, 0.15) is 0 Å². The molecule has 0 atom stereocenters. The summed E-state index contributed by atoms with van der Waals surface area (Å²) in [6.45, 7) is 13.0. The number of hydrogen-bond donors (Lipinski definition) is 1. The molecular weight excluding hydrogens is 431 g/mol. The van der Waals surface area contributed by atoms with Crippen molar-refractivity contribution in [3.63, 3.8) is 0 Å². The topological polar surface area (TPSA) is 0 Å². The van der Waals surface area contributed by atoms with E-state index in [0.717, 1.165) is 4.90 Å². The second kappa shape index (κ2) is 10.4. The first-order valence-electron chi connectivity index (χ1n) is 10.8. The quantitative estimate of drug-likeness (QED) is 0.230. The summed E-state index contributed by atoms with van der Waals surface area (Å²) in [4.78, 5) is 1.03. The van der Waals surface area contributed by atoms with Gasteiger partial charge in [0.15, 0.2) is 0 Å². The van der Waals surface area contributed by atoms with E-state index in [4.69, 9.17) is 12.6 Å². The Hall–Kier alpha value is -1.13. The van der Waals surface area contributed by atoms with Crippen LogP contribution in [0.2, 0.25) is 0 Å². The van der Waals surface area contributed by atoms with Crippen molar-refractivity contribution in [3.8, 4) is 33.4 Å². The number of benzene rings is 4. The normalized spacial score (nSPS) is 10.7. The van der Waals surface area contributed by atoms with Crippen LogP contribution in [0.15, 0.2) is 71.6 Å². The molecule has 2 heteroatoms. The van der Waals surface area contributed by atoms with Gasteiger partial charge in [-0.25, -0.2) is 0 Å². The van der Waals surface area contributed by atoms with Gasteiger partial charge >= 0.3 is 0 Å². The molecule has 0 N–H and O–H groups in total. The van der Waals surface area contributed by atoms with Crippen molar-refractivity contribution in [2.45, 2.75) is 46.4 Å². The van der Waals surface area contributed by atoms with E-state index in [1.54, 1.807) is 0 Å². The Morgan fingerprint density at radius 1 is 0.375 bits per heavy atom. The van der Waals surface area contributed by atoms with Crippen molar-refractivity contribution in [2.24, 2.45) is 0 Å². The van der Waals surface area contributed by atoms with E-state index in [-0.39, 0.29) is 51.4 Å². The van der Waals surface area contributed by atoms with Crippen LogP contribution in [0.4, 0.5) is 0 Å². The molecule has 0 aromatic heterocycles. The Kier molecular flexibility index (Phi) is 8.30. The summed E-state index contributed by atoms with van der Waals surface area (Å²) in [7, 11) is 0. The van der Waals surface area contributed by atoms with Crippen LogP contribution in [0.3, 0.4) is 0 Å². The summed E-state index contributed by atoms with van der Waals surface area (Å²) in [5.74, 6) is 0. The maximum absolute atomic E-state index is 5.07. The van der Waals surface area contributed by atoms with Gasteiger partial charge in [-0.1, -0.05) is 88.0 Å². The molecule has 0 saturated carbocycles. The summed E-state index contributed by atoms with van der Waals surface area (Å²) < 4.78 is 0. The van der Waals surface area contributed by atoms with E-state index >= 15 is 0 Å². The fourth-order valence-electron chi connectivity index (χ4n) is 4.64. The molecule has 157 valence electrons. The molecule has 0 spiro atoms. The molecule has 0 amide bonds. The first-order valence-corrected chi connectivity index (χ1v) is 11.3. The Morgan fingerprint density at radius 2 is 0.625 bits per heavy atom. The largest absolute Gasteiger partial charge is 0.142 e. The zero-order valence-electron chi connectivity index (χ0n) is 20.3. The van der Waals surface area contributed by atoms with Crippen LogP contribution in [-0.4, -0.2) is 51.4 Å². The molecule has 0 aliphatic heterocycles. The van der Waals surface area contributed by atoms with E-state index in [0.29, 0.717) is 0 Å². The average Bonchev–Trinajstić information content (AvgIpc) is 2.65. The van der Waals surface area contributed by atoms with Gasteiger partial charge in [-0.2, -0.15) is 0 Å². The van der Waals surface area contributed by atoms with Gasteiger partial charge in [0.2, 0.25) is 0 Å². The summed E-state index contributed by atoms with van der Waals surface area (Å²) >= 11 is 5.07. The van der Waals surface area contributed by atoms with Crippen LogP contribution in [-0.2, 0) is 0 Å². The molecule has 0 aliphatic rings. The SMILES string of the molecule is Cc1cc(C)cc(-c2cc(-c3cc(C)cc(C)c3)c(S)c(-c3cc(C)cc(C)c3)c2)c1.[K]. The summed E-state index contributed by atoms with van der Waals surface area (Å²) in [5.41, 5.74) is 14.9. The maximum Gasteiger partial charge on any atom is 0.0198 e. The molecule has 0 heterocycles. The van der Waals surface area contributed by atoms with Gasteiger partial charge in [0.25, 0.3) is 0 Å². The molecule has 0 aliphatic carbocycles. The number of aryl methyl sites for hydroxylation is 6. The molecule has 0 bridgehead atoms. The van der Waals surface area contributed by atoms with E-state index in [2.05, 4.69) is 108 Å².